The molecule has 1 aromatic carbocycles. The zero-order valence-corrected chi connectivity index (χ0v) is 11.4. The van der Waals surface area contributed by atoms with Crippen LogP contribution in [0.5, 0.6) is 0 Å². The second-order valence-electron chi connectivity index (χ2n) is 3.87. The summed E-state index contributed by atoms with van der Waals surface area (Å²) in [5.41, 5.74) is 1.17. The van der Waals surface area contributed by atoms with Crippen LogP contribution in [0.1, 0.15) is 20.7 Å². The van der Waals surface area contributed by atoms with E-state index < -0.39 is 5.97 Å². The Morgan fingerprint density at radius 3 is 2.75 bits per heavy atom. The Bertz CT molecular complexity index is 595. The van der Waals surface area contributed by atoms with Gasteiger partial charge in [0.25, 0.3) is 5.91 Å². The number of hydrogen-bond donors (Lipinski definition) is 2. The van der Waals surface area contributed by atoms with Crippen molar-refractivity contribution in [1.29, 1.82) is 0 Å². The van der Waals surface area contributed by atoms with Gasteiger partial charge in [-0.15, -0.1) is 0 Å². The van der Waals surface area contributed by atoms with Crippen LogP contribution in [0.25, 0.3) is 0 Å². The number of carbonyl (C=O) groups excluding carboxylic acids is 2. The number of amides is 1. The number of esters is 1. The van der Waals surface area contributed by atoms with E-state index in [0.29, 0.717) is 11.3 Å². The molecule has 0 spiro atoms. The van der Waals surface area contributed by atoms with E-state index in [-0.39, 0.29) is 24.7 Å². The molecule has 0 atom stereocenters. The van der Waals surface area contributed by atoms with Gasteiger partial charge in [0.1, 0.15) is 6.61 Å². The highest BCUT2D eigenvalue weighted by Gasteiger charge is 2.15. The summed E-state index contributed by atoms with van der Waals surface area (Å²) in [4.78, 5) is 23.8. The molecule has 6 heteroatoms. The van der Waals surface area contributed by atoms with Gasteiger partial charge in [-0.2, -0.15) is 11.3 Å². The first kappa shape index (κ1) is 14.2. The molecule has 1 amide bonds. The van der Waals surface area contributed by atoms with Crippen LogP contribution in [0.15, 0.2) is 41.1 Å². The molecule has 1 heterocycles. The second-order valence-corrected chi connectivity index (χ2v) is 4.65. The van der Waals surface area contributed by atoms with E-state index in [0.717, 1.165) is 0 Å². The van der Waals surface area contributed by atoms with E-state index in [1.807, 2.05) is 0 Å². The van der Waals surface area contributed by atoms with Gasteiger partial charge < -0.3 is 15.2 Å². The fraction of sp³-hybridized carbons (Fsp3) is 0.143. The summed E-state index contributed by atoms with van der Waals surface area (Å²) in [6.07, 6.45) is 0. The van der Waals surface area contributed by atoms with Gasteiger partial charge in [-0.1, -0.05) is 12.1 Å². The van der Waals surface area contributed by atoms with Crippen LogP contribution in [0.4, 0.5) is 5.69 Å². The zero-order chi connectivity index (χ0) is 14.4. The minimum atomic E-state index is -0.583. The molecule has 0 aliphatic heterocycles. The SMILES string of the molecule is O=C(Nc1ccccc1C(=O)OCCO)c1ccsc1. The number of ether oxygens (including phenoxy) is 1. The minimum absolute atomic E-state index is 0.0777. The summed E-state index contributed by atoms with van der Waals surface area (Å²) in [7, 11) is 0. The Hall–Kier alpha value is -2.18. The lowest BCUT2D eigenvalue weighted by molar-refractivity contribution is 0.0435. The third-order valence-electron chi connectivity index (χ3n) is 2.50. The first-order chi connectivity index (χ1) is 9.72. The lowest BCUT2D eigenvalue weighted by Crippen LogP contribution is -2.16. The molecule has 1 aromatic heterocycles. The highest BCUT2D eigenvalue weighted by molar-refractivity contribution is 7.08. The number of carbonyl (C=O) groups is 2. The van der Waals surface area contributed by atoms with Gasteiger partial charge in [-0.3, -0.25) is 4.79 Å². The molecular formula is C14H13NO4S. The normalized spacial score (nSPS) is 10.1. The second kappa shape index (κ2) is 6.83. The molecular weight excluding hydrogens is 278 g/mol. The quantitative estimate of drug-likeness (QED) is 0.828. The minimum Gasteiger partial charge on any atom is -0.460 e. The highest BCUT2D eigenvalue weighted by atomic mass is 32.1. The van der Waals surface area contributed by atoms with Crippen molar-refractivity contribution >= 4 is 28.9 Å². The van der Waals surface area contributed by atoms with Gasteiger partial charge in [0.05, 0.1) is 23.4 Å². The van der Waals surface area contributed by atoms with Crippen molar-refractivity contribution in [3.63, 3.8) is 0 Å². The number of benzene rings is 1. The summed E-state index contributed by atoms with van der Waals surface area (Å²) < 4.78 is 4.85. The predicted molar refractivity (Wildman–Crippen MR) is 76.1 cm³/mol. The van der Waals surface area contributed by atoms with Crippen LogP contribution in [-0.4, -0.2) is 30.2 Å². The van der Waals surface area contributed by atoms with Gasteiger partial charge >= 0.3 is 5.97 Å². The van der Waals surface area contributed by atoms with E-state index in [9.17, 15) is 9.59 Å². The molecule has 0 fully saturated rings. The van der Waals surface area contributed by atoms with E-state index in [1.165, 1.54) is 11.3 Å². The van der Waals surface area contributed by atoms with Crippen LogP contribution in [0, 0.1) is 0 Å². The number of thiophene rings is 1. The van der Waals surface area contributed by atoms with Crippen LogP contribution in [0.2, 0.25) is 0 Å². The number of nitrogens with one attached hydrogen (secondary N) is 1. The fourth-order valence-electron chi connectivity index (χ4n) is 1.57. The maximum atomic E-state index is 12.0. The molecule has 2 aromatic rings. The predicted octanol–water partition coefficient (Wildman–Crippen LogP) is 2.15. The molecule has 2 N–H and O–H groups in total. The highest BCUT2D eigenvalue weighted by Crippen LogP contribution is 2.18. The summed E-state index contributed by atoms with van der Waals surface area (Å²) in [5.74, 6) is -0.867. The van der Waals surface area contributed by atoms with E-state index in [2.05, 4.69) is 5.32 Å². The summed E-state index contributed by atoms with van der Waals surface area (Å²) in [5, 5.41) is 14.9. The molecule has 0 bridgehead atoms. The van der Waals surface area contributed by atoms with Gasteiger partial charge in [-0.05, 0) is 23.6 Å². The fourth-order valence-corrected chi connectivity index (χ4v) is 2.21. The average molecular weight is 291 g/mol. The van der Waals surface area contributed by atoms with Crippen molar-refractivity contribution in [2.24, 2.45) is 0 Å². The Kier molecular flexibility index (Phi) is 4.86. The van der Waals surface area contributed by atoms with Gasteiger partial charge in [-0.25, -0.2) is 4.79 Å². The maximum absolute atomic E-state index is 12.0. The molecule has 0 aliphatic carbocycles. The molecule has 0 aliphatic rings. The summed E-state index contributed by atoms with van der Waals surface area (Å²) >= 11 is 1.42. The molecule has 104 valence electrons. The molecule has 2 rings (SSSR count). The van der Waals surface area contributed by atoms with Crippen LogP contribution in [-0.2, 0) is 4.74 Å². The number of aliphatic hydroxyl groups excluding tert-OH is 1. The van der Waals surface area contributed by atoms with E-state index in [4.69, 9.17) is 9.84 Å². The number of rotatable bonds is 5. The Morgan fingerprint density at radius 2 is 2.05 bits per heavy atom. The van der Waals surface area contributed by atoms with E-state index in [1.54, 1.807) is 41.1 Å². The Morgan fingerprint density at radius 1 is 1.25 bits per heavy atom. The molecule has 0 radical (unpaired) electrons. The Labute approximate surface area is 119 Å². The van der Waals surface area contributed by atoms with Crippen molar-refractivity contribution in [2.45, 2.75) is 0 Å². The largest absolute Gasteiger partial charge is 0.460 e. The van der Waals surface area contributed by atoms with Crippen LogP contribution >= 0.6 is 11.3 Å². The number of hydrogen-bond acceptors (Lipinski definition) is 5. The number of anilines is 1. The maximum Gasteiger partial charge on any atom is 0.340 e. The van der Waals surface area contributed by atoms with Crippen molar-refractivity contribution < 1.29 is 19.4 Å². The molecule has 0 saturated heterocycles. The van der Waals surface area contributed by atoms with Crippen molar-refractivity contribution in [2.75, 3.05) is 18.5 Å². The molecule has 0 unspecified atom stereocenters. The van der Waals surface area contributed by atoms with Crippen LogP contribution in [0.3, 0.4) is 0 Å². The van der Waals surface area contributed by atoms with Gasteiger partial charge in [0.15, 0.2) is 0 Å². The third-order valence-corrected chi connectivity index (χ3v) is 3.19. The average Bonchev–Trinajstić information content (AvgIpc) is 2.99. The van der Waals surface area contributed by atoms with E-state index >= 15 is 0 Å². The van der Waals surface area contributed by atoms with Crippen molar-refractivity contribution in [3.05, 3.63) is 52.2 Å². The van der Waals surface area contributed by atoms with Crippen molar-refractivity contribution in [1.82, 2.24) is 0 Å². The van der Waals surface area contributed by atoms with Crippen molar-refractivity contribution in [3.8, 4) is 0 Å². The molecule has 0 saturated carbocycles. The standard InChI is InChI=1S/C14H13NO4S/c16-6-7-19-14(18)11-3-1-2-4-12(11)15-13(17)10-5-8-20-9-10/h1-5,8-9,16H,6-7H2,(H,15,17). The first-order valence-corrected chi connectivity index (χ1v) is 6.87. The number of aliphatic hydroxyl groups is 1. The monoisotopic (exact) mass is 291 g/mol. The van der Waals surface area contributed by atoms with Gasteiger partial charge in [0.2, 0.25) is 0 Å². The summed E-state index contributed by atoms with van der Waals surface area (Å²) in [6, 6.07) is 8.28. The first-order valence-electron chi connectivity index (χ1n) is 5.93. The lowest BCUT2D eigenvalue weighted by Gasteiger charge is -2.09. The molecule has 5 nitrogen and oxygen atoms in total. The molecule has 20 heavy (non-hydrogen) atoms. The van der Waals surface area contributed by atoms with Gasteiger partial charge in [0, 0.05) is 5.38 Å². The number of para-hydroxylation sites is 1. The zero-order valence-electron chi connectivity index (χ0n) is 10.5. The smallest absolute Gasteiger partial charge is 0.340 e. The Balaban J connectivity index is 2.15. The lowest BCUT2D eigenvalue weighted by atomic mass is 10.1. The van der Waals surface area contributed by atoms with Crippen LogP contribution < -0.4 is 5.32 Å². The summed E-state index contributed by atoms with van der Waals surface area (Å²) in [6.45, 7) is -0.319. The topological polar surface area (TPSA) is 75.6 Å². The third kappa shape index (κ3) is 3.43.